The number of ether oxygens (including phenoxy) is 1. The molecule has 0 atom stereocenters. The van der Waals surface area contributed by atoms with Crippen LogP contribution in [0.2, 0.25) is 0 Å². The summed E-state index contributed by atoms with van der Waals surface area (Å²) in [4.78, 5) is 11.1. The Balaban J connectivity index is 2.53. The molecule has 0 aliphatic rings. The van der Waals surface area contributed by atoms with Crippen molar-refractivity contribution in [2.75, 3.05) is 20.2 Å². The molecule has 0 radical (unpaired) electrons. The van der Waals surface area contributed by atoms with E-state index in [1.807, 2.05) is 31.3 Å². The highest BCUT2D eigenvalue weighted by Crippen LogP contribution is 2.13. The predicted molar refractivity (Wildman–Crippen MR) is 61.9 cm³/mol. The molecule has 0 fully saturated rings. The molecule has 5 heteroatoms. The largest absolute Gasteiger partial charge is 0.492 e. The number of nitrogens with one attached hydrogen (secondary N) is 2. The molecule has 1 amide bonds. The van der Waals surface area contributed by atoms with Crippen LogP contribution in [0, 0.1) is 0 Å². The van der Waals surface area contributed by atoms with Gasteiger partial charge in [-0.15, -0.1) is 0 Å². The average molecular weight is 223 g/mol. The number of benzene rings is 1. The standard InChI is InChI=1S/C11H17N3O2/c1-13-5-6-16-10-4-2-3-9(7-10)8-11(15)14-12/h2-4,7,13H,5-6,8,12H2,1H3,(H,14,15). The molecule has 0 aromatic heterocycles. The summed E-state index contributed by atoms with van der Waals surface area (Å²) in [6.45, 7) is 1.39. The number of hydrogen-bond acceptors (Lipinski definition) is 4. The molecule has 88 valence electrons. The zero-order chi connectivity index (χ0) is 11.8. The lowest BCUT2D eigenvalue weighted by molar-refractivity contribution is -0.120. The van der Waals surface area contributed by atoms with Gasteiger partial charge < -0.3 is 10.1 Å². The molecule has 0 saturated heterocycles. The zero-order valence-electron chi connectivity index (χ0n) is 9.32. The van der Waals surface area contributed by atoms with Crippen LogP contribution in [-0.2, 0) is 11.2 Å². The maximum atomic E-state index is 11.1. The van der Waals surface area contributed by atoms with Crippen LogP contribution in [0.25, 0.3) is 0 Å². The molecule has 0 spiro atoms. The monoisotopic (exact) mass is 223 g/mol. The summed E-state index contributed by atoms with van der Waals surface area (Å²) in [5.41, 5.74) is 2.98. The van der Waals surface area contributed by atoms with Crippen molar-refractivity contribution >= 4 is 5.91 Å². The van der Waals surface area contributed by atoms with E-state index in [2.05, 4.69) is 10.7 Å². The molecular formula is C11H17N3O2. The van der Waals surface area contributed by atoms with Gasteiger partial charge in [0.2, 0.25) is 5.91 Å². The van der Waals surface area contributed by atoms with E-state index < -0.39 is 0 Å². The first kappa shape index (κ1) is 12.5. The highest BCUT2D eigenvalue weighted by Gasteiger charge is 2.02. The number of carbonyl (C=O) groups excluding carboxylic acids is 1. The molecule has 0 aliphatic carbocycles. The van der Waals surface area contributed by atoms with Gasteiger partial charge in [-0.25, -0.2) is 5.84 Å². The zero-order valence-corrected chi connectivity index (χ0v) is 9.32. The Morgan fingerprint density at radius 2 is 2.31 bits per heavy atom. The van der Waals surface area contributed by atoms with E-state index >= 15 is 0 Å². The first-order valence-electron chi connectivity index (χ1n) is 5.12. The van der Waals surface area contributed by atoms with E-state index in [-0.39, 0.29) is 12.3 Å². The first-order valence-corrected chi connectivity index (χ1v) is 5.12. The number of hydrogen-bond donors (Lipinski definition) is 3. The number of nitrogens with two attached hydrogens (primary N) is 1. The van der Waals surface area contributed by atoms with Gasteiger partial charge in [0.15, 0.2) is 0 Å². The van der Waals surface area contributed by atoms with Gasteiger partial charge in [-0.2, -0.15) is 0 Å². The number of rotatable bonds is 6. The van der Waals surface area contributed by atoms with Crippen LogP contribution in [-0.4, -0.2) is 26.1 Å². The molecule has 1 aromatic rings. The van der Waals surface area contributed by atoms with Crippen molar-refractivity contribution in [2.45, 2.75) is 6.42 Å². The average Bonchev–Trinajstić information content (AvgIpc) is 2.30. The molecule has 0 aliphatic heterocycles. The van der Waals surface area contributed by atoms with Gasteiger partial charge in [0.1, 0.15) is 12.4 Å². The third-order valence-electron chi connectivity index (χ3n) is 2.04. The van der Waals surface area contributed by atoms with Crippen LogP contribution < -0.4 is 21.3 Å². The van der Waals surface area contributed by atoms with E-state index in [0.29, 0.717) is 6.61 Å². The van der Waals surface area contributed by atoms with Gasteiger partial charge in [-0.1, -0.05) is 12.1 Å². The van der Waals surface area contributed by atoms with Gasteiger partial charge in [-0.3, -0.25) is 10.2 Å². The summed E-state index contributed by atoms with van der Waals surface area (Å²) < 4.78 is 5.48. The molecule has 0 bridgehead atoms. The van der Waals surface area contributed by atoms with Crippen molar-refractivity contribution in [3.63, 3.8) is 0 Å². The van der Waals surface area contributed by atoms with Crippen LogP contribution in [0.4, 0.5) is 0 Å². The number of hydrazine groups is 1. The maximum absolute atomic E-state index is 11.1. The summed E-state index contributed by atoms with van der Waals surface area (Å²) in [6, 6.07) is 7.42. The van der Waals surface area contributed by atoms with Crippen molar-refractivity contribution in [1.82, 2.24) is 10.7 Å². The number of carbonyl (C=O) groups is 1. The van der Waals surface area contributed by atoms with Crippen molar-refractivity contribution in [2.24, 2.45) is 5.84 Å². The Kier molecular flexibility index (Phi) is 5.31. The molecule has 0 unspecified atom stereocenters. The van der Waals surface area contributed by atoms with E-state index in [9.17, 15) is 4.79 Å². The van der Waals surface area contributed by atoms with Crippen molar-refractivity contribution in [3.8, 4) is 5.75 Å². The molecule has 1 rings (SSSR count). The minimum Gasteiger partial charge on any atom is -0.492 e. The smallest absolute Gasteiger partial charge is 0.238 e. The van der Waals surface area contributed by atoms with Crippen LogP contribution in [0.3, 0.4) is 0 Å². The lowest BCUT2D eigenvalue weighted by Crippen LogP contribution is -2.31. The Morgan fingerprint density at radius 3 is 3.00 bits per heavy atom. The second kappa shape index (κ2) is 6.81. The molecule has 1 aromatic carbocycles. The van der Waals surface area contributed by atoms with Crippen LogP contribution in [0.5, 0.6) is 5.75 Å². The number of likely N-dealkylation sites (N-methyl/N-ethyl adjacent to an activating group) is 1. The molecule has 4 N–H and O–H groups in total. The van der Waals surface area contributed by atoms with Crippen LogP contribution in [0.15, 0.2) is 24.3 Å². The predicted octanol–water partition coefficient (Wildman–Crippen LogP) is -0.183. The number of amides is 1. The van der Waals surface area contributed by atoms with E-state index in [1.54, 1.807) is 0 Å². The van der Waals surface area contributed by atoms with Gasteiger partial charge in [0.25, 0.3) is 0 Å². The molecule has 0 saturated carbocycles. The third kappa shape index (κ3) is 4.29. The van der Waals surface area contributed by atoms with E-state index in [4.69, 9.17) is 10.6 Å². The molecule has 0 heterocycles. The quantitative estimate of drug-likeness (QED) is 0.270. The normalized spacial score (nSPS) is 9.88. The Bertz CT molecular complexity index is 342. The minimum atomic E-state index is -0.215. The van der Waals surface area contributed by atoms with E-state index in [0.717, 1.165) is 17.9 Å². The maximum Gasteiger partial charge on any atom is 0.238 e. The molecular weight excluding hydrogens is 206 g/mol. The van der Waals surface area contributed by atoms with Gasteiger partial charge in [0.05, 0.1) is 6.42 Å². The fourth-order valence-corrected chi connectivity index (χ4v) is 1.25. The van der Waals surface area contributed by atoms with Crippen molar-refractivity contribution in [3.05, 3.63) is 29.8 Å². The van der Waals surface area contributed by atoms with Crippen molar-refractivity contribution < 1.29 is 9.53 Å². The van der Waals surface area contributed by atoms with Gasteiger partial charge in [0, 0.05) is 6.54 Å². The third-order valence-corrected chi connectivity index (χ3v) is 2.04. The van der Waals surface area contributed by atoms with Crippen molar-refractivity contribution in [1.29, 1.82) is 0 Å². The SMILES string of the molecule is CNCCOc1cccc(CC(=O)NN)c1. The summed E-state index contributed by atoms with van der Waals surface area (Å²) in [7, 11) is 1.87. The molecule has 16 heavy (non-hydrogen) atoms. The summed E-state index contributed by atoms with van der Waals surface area (Å²) >= 11 is 0. The lowest BCUT2D eigenvalue weighted by Gasteiger charge is -2.07. The van der Waals surface area contributed by atoms with Crippen LogP contribution in [0.1, 0.15) is 5.56 Å². The van der Waals surface area contributed by atoms with E-state index in [1.165, 1.54) is 0 Å². The summed E-state index contributed by atoms with van der Waals surface area (Å²) in [6.07, 6.45) is 0.264. The fourth-order valence-electron chi connectivity index (χ4n) is 1.25. The summed E-state index contributed by atoms with van der Waals surface area (Å²) in [5.74, 6) is 5.56. The lowest BCUT2D eigenvalue weighted by atomic mass is 10.1. The second-order valence-electron chi connectivity index (χ2n) is 3.34. The Hall–Kier alpha value is -1.59. The van der Waals surface area contributed by atoms with Crippen LogP contribution >= 0.6 is 0 Å². The highest BCUT2D eigenvalue weighted by molar-refractivity contribution is 5.77. The summed E-state index contributed by atoms with van der Waals surface area (Å²) in [5, 5.41) is 2.99. The Labute approximate surface area is 94.9 Å². The topological polar surface area (TPSA) is 76.4 Å². The second-order valence-corrected chi connectivity index (χ2v) is 3.34. The fraction of sp³-hybridized carbons (Fsp3) is 0.364. The Morgan fingerprint density at radius 1 is 1.50 bits per heavy atom. The highest BCUT2D eigenvalue weighted by atomic mass is 16.5. The van der Waals surface area contributed by atoms with Gasteiger partial charge in [-0.05, 0) is 24.7 Å². The molecule has 5 nitrogen and oxygen atoms in total. The minimum absolute atomic E-state index is 0.215. The first-order chi connectivity index (χ1) is 7.76. The van der Waals surface area contributed by atoms with Gasteiger partial charge >= 0.3 is 0 Å².